The Balaban J connectivity index is 1.66. The highest BCUT2D eigenvalue weighted by Gasteiger charge is 2.47. The number of fused-ring (bicyclic) bond motifs is 1. The predicted octanol–water partition coefficient (Wildman–Crippen LogP) is 2.60. The van der Waals surface area contributed by atoms with Crippen molar-refractivity contribution in [2.75, 3.05) is 11.5 Å². The molecule has 1 aromatic carbocycles. The van der Waals surface area contributed by atoms with Gasteiger partial charge in [-0.15, -0.1) is 0 Å². The van der Waals surface area contributed by atoms with E-state index in [0.717, 1.165) is 38.0 Å². The Labute approximate surface area is 124 Å². The van der Waals surface area contributed by atoms with Gasteiger partial charge >= 0.3 is 5.97 Å². The van der Waals surface area contributed by atoms with Gasteiger partial charge < -0.3 is 14.7 Å². The van der Waals surface area contributed by atoms with Gasteiger partial charge in [0.15, 0.2) is 0 Å². The van der Waals surface area contributed by atoms with Gasteiger partial charge in [0.05, 0.1) is 5.60 Å². The van der Waals surface area contributed by atoms with Crippen molar-refractivity contribution in [2.24, 2.45) is 0 Å². The van der Waals surface area contributed by atoms with E-state index in [2.05, 4.69) is 17.0 Å². The maximum Gasteiger partial charge on any atom is 0.326 e. The van der Waals surface area contributed by atoms with Gasteiger partial charge in [0, 0.05) is 24.8 Å². The molecule has 4 rings (SSSR count). The number of benzene rings is 1. The van der Waals surface area contributed by atoms with Crippen molar-refractivity contribution in [2.45, 2.75) is 56.2 Å². The minimum absolute atomic E-state index is 0.0451. The van der Waals surface area contributed by atoms with E-state index in [1.807, 2.05) is 12.1 Å². The molecule has 2 fully saturated rings. The summed E-state index contributed by atoms with van der Waals surface area (Å²) in [5.74, 6) is -0.708. The van der Waals surface area contributed by atoms with E-state index in [9.17, 15) is 9.90 Å². The number of carboxylic acids is 1. The fourth-order valence-electron chi connectivity index (χ4n) is 4.23. The molecule has 1 aromatic rings. The summed E-state index contributed by atoms with van der Waals surface area (Å²) in [6.07, 6.45) is 6.04. The van der Waals surface area contributed by atoms with Crippen LogP contribution in [0.4, 0.5) is 5.69 Å². The van der Waals surface area contributed by atoms with Crippen molar-refractivity contribution in [1.29, 1.82) is 0 Å². The molecule has 1 saturated heterocycles. The Hall–Kier alpha value is -1.55. The largest absolute Gasteiger partial charge is 0.480 e. The first kappa shape index (κ1) is 13.1. The standard InChI is InChI=1S/C17H21NO3/c19-16(20)15-10-12-4-1-2-5-14(12)18(15)13-6-9-21-17(11-13)7-3-8-17/h1-2,4-5,13,15H,3,6-11H2,(H,19,20). The number of carbonyl (C=O) groups is 1. The lowest BCUT2D eigenvalue weighted by molar-refractivity contribution is -0.142. The zero-order valence-corrected chi connectivity index (χ0v) is 12.1. The SMILES string of the molecule is O=C(O)C1Cc2ccccc2N1C1CCOC2(CCC2)C1. The number of para-hydroxylation sites is 1. The third kappa shape index (κ3) is 2.04. The third-order valence-electron chi connectivity index (χ3n) is 5.43. The first-order valence-corrected chi connectivity index (χ1v) is 7.92. The molecule has 0 radical (unpaired) electrons. The van der Waals surface area contributed by atoms with Crippen LogP contribution in [0, 0.1) is 0 Å². The van der Waals surface area contributed by atoms with Crippen molar-refractivity contribution < 1.29 is 14.6 Å². The van der Waals surface area contributed by atoms with Crippen LogP contribution in [0.1, 0.15) is 37.7 Å². The molecule has 1 aliphatic carbocycles. The highest BCUT2D eigenvalue weighted by atomic mass is 16.5. The fraction of sp³-hybridized carbons (Fsp3) is 0.588. The molecule has 4 heteroatoms. The molecular formula is C17H21NO3. The van der Waals surface area contributed by atoms with Crippen LogP contribution in [0.5, 0.6) is 0 Å². The molecule has 0 bridgehead atoms. The number of hydrogen-bond acceptors (Lipinski definition) is 3. The van der Waals surface area contributed by atoms with E-state index in [1.165, 1.54) is 12.0 Å². The molecule has 21 heavy (non-hydrogen) atoms. The summed E-state index contributed by atoms with van der Waals surface area (Å²) in [4.78, 5) is 13.9. The van der Waals surface area contributed by atoms with Crippen molar-refractivity contribution >= 4 is 11.7 Å². The van der Waals surface area contributed by atoms with Gasteiger partial charge in [-0.3, -0.25) is 0 Å². The van der Waals surface area contributed by atoms with E-state index in [-0.39, 0.29) is 5.60 Å². The van der Waals surface area contributed by atoms with E-state index >= 15 is 0 Å². The number of anilines is 1. The Morgan fingerprint density at radius 3 is 2.86 bits per heavy atom. The topological polar surface area (TPSA) is 49.8 Å². The monoisotopic (exact) mass is 287 g/mol. The molecule has 2 aliphatic heterocycles. The Morgan fingerprint density at radius 2 is 2.14 bits per heavy atom. The van der Waals surface area contributed by atoms with Gasteiger partial charge in [-0.1, -0.05) is 18.2 Å². The summed E-state index contributed by atoms with van der Waals surface area (Å²) < 4.78 is 6.00. The van der Waals surface area contributed by atoms with Crippen molar-refractivity contribution in [3.8, 4) is 0 Å². The molecule has 1 spiro atoms. The number of aliphatic carboxylic acids is 1. The highest BCUT2D eigenvalue weighted by molar-refractivity contribution is 5.82. The zero-order valence-electron chi connectivity index (χ0n) is 12.1. The van der Waals surface area contributed by atoms with E-state index in [0.29, 0.717) is 12.5 Å². The molecule has 4 nitrogen and oxygen atoms in total. The van der Waals surface area contributed by atoms with E-state index in [4.69, 9.17) is 4.74 Å². The number of rotatable bonds is 2. The van der Waals surface area contributed by atoms with E-state index < -0.39 is 12.0 Å². The van der Waals surface area contributed by atoms with Gasteiger partial charge in [0.25, 0.3) is 0 Å². The molecule has 0 amide bonds. The fourth-order valence-corrected chi connectivity index (χ4v) is 4.23. The number of ether oxygens (including phenoxy) is 1. The van der Waals surface area contributed by atoms with Crippen LogP contribution in [0.25, 0.3) is 0 Å². The van der Waals surface area contributed by atoms with Gasteiger partial charge in [-0.05, 0) is 43.7 Å². The van der Waals surface area contributed by atoms with Crippen LogP contribution >= 0.6 is 0 Å². The van der Waals surface area contributed by atoms with Crippen LogP contribution in [0.2, 0.25) is 0 Å². The van der Waals surface area contributed by atoms with Crippen LogP contribution in [0.3, 0.4) is 0 Å². The normalized spacial score (nSPS) is 30.0. The molecule has 1 saturated carbocycles. The smallest absolute Gasteiger partial charge is 0.326 e. The minimum Gasteiger partial charge on any atom is -0.480 e. The van der Waals surface area contributed by atoms with Crippen LogP contribution in [-0.2, 0) is 16.0 Å². The Morgan fingerprint density at radius 1 is 1.33 bits per heavy atom. The minimum atomic E-state index is -0.708. The van der Waals surface area contributed by atoms with Crippen molar-refractivity contribution in [3.63, 3.8) is 0 Å². The lowest BCUT2D eigenvalue weighted by Gasteiger charge is -2.50. The number of hydrogen-bond donors (Lipinski definition) is 1. The maximum atomic E-state index is 11.7. The summed E-state index contributed by atoms with van der Waals surface area (Å²) in [6.45, 7) is 0.760. The van der Waals surface area contributed by atoms with Gasteiger partial charge in [-0.2, -0.15) is 0 Å². The Bertz CT molecular complexity index is 567. The number of carboxylic acid groups (broad SMARTS) is 1. The van der Waals surface area contributed by atoms with Crippen LogP contribution in [-0.4, -0.2) is 35.4 Å². The summed E-state index contributed by atoms with van der Waals surface area (Å²) in [6, 6.07) is 8.02. The molecule has 2 heterocycles. The molecule has 112 valence electrons. The second-order valence-electron chi connectivity index (χ2n) is 6.63. The number of nitrogens with zero attached hydrogens (tertiary/aromatic N) is 1. The molecule has 2 unspecified atom stereocenters. The van der Waals surface area contributed by atoms with Gasteiger partial charge in [-0.25, -0.2) is 4.79 Å². The quantitative estimate of drug-likeness (QED) is 0.908. The van der Waals surface area contributed by atoms with Gasteiger partial charge in [0.1, 0.15) is 6.04 Å². The van der Waals surface area contributed by atoms with Gasteiger partial charge in [0.2, 0.25) is 0 Å². The second kappa shape index (κ2) is 4.73. The van der Waals surface area contributed by atoms with Crippen molar-refractivity contribution in [1.82, 2.24) is 0 Å². The highest BCUT2D eigenvalue weighted by Crippen LogP contribution is 2.46. The average Bonchev–Trinajstić information content (AvgIpc) is 2.85. The lowest BCUT2D eigenvalue weighted by atomic mass is 9.73. The van der Waals surface area contributed by atoms with E-state index in [1.54, 1.807) is 0 Å². The molecule has 1 N–H and O–H groups in total. The molecule has 0 aromatic heterocycles. The predicted molar refractivity (Wildman–Crippen MR) is 79.6 cm³/mol. The molecule has 2 atom stereocenters. The first-order chi connectivity index (χ1) is 10.2. The third-order valence-corrected chi connectivity index (χ3v) is 5.43. The van der Waals surface area contributed by atoms with Crippen molar-refractivity contribution in [3.05, 3.63) is 29.8 Å². The second-order valence-corrected chi connectivity index (χ2v) is 6.63. The average molecular weight is 287 g/mol. The lowest BCUT2D eigenvalue weighted by Crippen LogP contribution is -2.55. The molecule has 3 aliphatic rings. The van der Waals surface area contributed by atoms with Crippen LogP contribution < -0.4 is 4.90 Å². The summed E-state index contributed by atoms with van der Waals surface area (Å²) in [5, 5.41) is 9.61. The van der Waals surface area contributed by atoms with Crippen LogP contribution in [0.15, 0.2) is 24.3 Å². The summed E-state index contributed by atoms with van der Waals surface area (Å²) >= 11 is 0. The maximum absolute atomic E-state index is 11.7. The zero-order chi connectivity index (χ0) is 14.4. The Kier molecular flexibility index (Phi) is 2.96. The first-order valence-electron chi connectivity index (χ1n) is 7.92. The molecular weight excluding hydrogens is 266 g/mol. The summed E-state index contributed by atoms with van der Waals surface area (Å²) in [5.41, 5.74) is 2.33. The summed E-state index contributed by atoms with van der Waals surface area (Å²) in [7, 11) is 0.